The van der Waals surface area contributed by atoms with E-state index in [1.54, 1.807) is 11.7 Å². The Morgan fingerprint density at radius 2 is 1.96 bits per heavy atom. The van der Waals surface area contributed by atoms with Crippen LogP contribution in [0.4, 0.5) is 11.6 Å². The Hall–Kier alpha value is -2.37. The van der Waals surface area contributed by atoms with E-state index >= 15 is 0 Å². The van der Waals surface area contributed by atoms with Gasteiger partial charge in [0.05, 0.1) is 0 Å². The molecule has 130 valence electrons. The van der Waals surface area contributed by atoms with Gasteiger partial charge in [-0.3, -0.25) is 10.1 Å². The fourth-order valence-corrected chi connectivity index (χ4v) is 2.32. The van der Waals surface area contributed by atoms with Crippen molar-refractivity contribution in [2.45, 2.75) is 39.5 Å². The number of benzene rings is 1. The van der Waals surface area contributed by atoms with Gasteiger partial charge in [-0.05, 0) is 30.7 Å². The van der Waals surface area contributed by atoms with Crippen LogP contribution in [-0.2, 0) is 7.05 Å². The Kier molecular flexibility index (Phi) is 5.95. The highest BCUT2D eigenvalue weighted by Crippen LogP contribution is 2.16. The maximum absolute atomic E-state index is 12.4. The maximum atomic E-state index is 12.4. The zero-order chi connectivity index (χ0) is 17.7. The largest absolute Gasteiger partial charge is 0.375 e. The van der Waals surface area contributed by atoms with Crippen molar-refractivity contribution in [1.29, 1.82) is 0 Å². The third-order valence-electron chi connectivity index (χ3n) is 3.94. The van der Waals surface area contributed by atoms with Crippen molar-refractivity contribution in [3.63, 3.8) is 0 Å². The van der Waals surface area contributed by atoms with Gasteiger partial charge in [-0.2, -0.15) is 10.1 Å². The second-order valence-electron chi connectivity index (χ2n) is 6.35. The molecule has 1 heterocycles. The Balaban J connectivity index is 2.05. The number of aromatic nitrogens is 3. The molecule has 0 atom stereocenters. The monoisotopic (exact) mass is 329 g/mol. The van der Waals surface area contributed by atoms with E-state index in [0.717, 1.165) is 24.5 Å². The van der Waals surface area contributed by atoms with E-state index in [-0.39, 0.29) is 11.8 Å². The SMILES string of the molecule is CCCCN(C)c1ccc(C(=O)Nc2nc(C(C)C)nn2C)cc1. The normalized spacial score (nSPS) is 10.9. The maximum Gasteiger partial charge on any atom is 0.258 e. The van der Waals surface area contributed by atoms with Crippen molar-refractivity contribution >= 4 is 17.5 Å². The molecular formula is C18H27N5O. The molecule has 1 aromatic carbocycles. The summed E-state index contributed by atoms with van der Waals surface area (Å²) in [6.07, 6.45) is 2.32. The lowest BCUT2D eigenvalue weighted by atomic mass is 10.2. The summed E-state index contributed by atoms with van der Waals surface area (Å²) in [4.78, 5) is 19.0. The van der Waals surface area contributed by atoms with Gasteiger partial charge in [0.2, 0.25) is 5.95 Å². The number of carbonyl (C=O) groups is 1. The average molecular weight is 329 g/mol. The summed E-state index contributed by atoms with van der Waals surface area (Å²) in [5, 5.41) is 7.13. The zero-order valence-electron chi connectivity index (χ0n) is 15.2. The van der Waals surface area contributed by atoms with Crippen LogP contribution in [0, 0.1) is 0 Å². The minimum absolute atomic E-state index is 0.177. The van der Waals surface area contributed by atoms with Crippen molar-refractivity contribution < 1.29 is 4.79 Å². The number of amides is 1. The molecule has 2 rings (SSSR count). The second-order valence-corrected chi connectivity index (χ2v) is 6.35. The van der Waals surface area contributed by atoms with Crippen LogP contribution < -0.4 is 10.2 Å². The van der Waals surface area contributed by atoms with Crippen LogP contribution in [0.1, 0.15) is 55.7 Å². The molecule has 1 amide bonds. The minimum Gasteiger partial charge on any atom is -0.375 e. The van der Waals surface area contributed by atoms with E-state index in [2.05, 4.69) is 34.3 Å². The second kappa shape index (κ2) is 7.95. The Morgan fingerprint density at radius 1 is 1.29 bits per heavy atom. The number of carbonyl (C=O) groups excluding carboxylic acids is 1. The highest BCUT2D eigenvalue weighted by atomic mass is 16.1. The number of hydrogen-bond donors (Lipinski definition) is 1. The van der Waals surface area contributed by atoms with Gasteiger partial charge in [-0.15, -0.1) is 0 Å². The van der Waals surface area contributed by atoms with Crippen LogP contribution in [0.2, 0.25) is 0 Å². The van der Waals surface area contributed by atoms with E-state index in [1.807, 2.05) is 38.1 Å². The molecule has 0 saturated heterocycles. The number of rotatable bonds is 7. The van der Waals surface area contributed by atoms with E-state index in [0.29, 0.717) is 11.5 Å². The molecule has 0 aliphatic heterocycles. The van der Waals surface area contributed by atoms with Gasteiger partial charge in [0.15, 0.2) is 5.82 Å². The first kappa shape index (κ1) is 18.0. The number of aryl methyl sites for hydroxylation is 1. The van der Waals surface area contributed by atoms with Gasteiger partial charge < -0.3 is 4.90 Å². The van der Waals surface area contributed by atoms with Gasteiger partial charge >= 0.3 is 0 Å². The Morgan fingerprint density at radius 3 is 2.50 bits per heavy atom. The molecule has 0 unspecified atom stereocenters. The summed E-state index contributed by atoms with van der Waals surface area (Å²) in [5.41, 5.74) is 1.72. The number of nitrogens with one attached hydrogen (secondary N) is 1. The highest BCUT2D eigenvalue weighted by Gasteiger charge is 2.14. The topological polar surface area (TPSA) is 63.1 Å². The van der Waals surface area contributed by atoms with Crippen LogP contribution in [0.5, 0.6) is 0 Å². The standard InChI is InChI=1S/C18H27N5O/c1-6-7-12-22(4)15-10-8-14(9-11-15)17(24)20-18-19-16(13(2)3)21-23(18)5/h8-11,13H,6-7,12H2,1-5H3,(H,19,20,21,24). The molecule has 0 saturated carbocycles. The van der Waals surface area contributed by atoms with Gasteiger partial charge in [-0.25, -0.2) is 4.68 Å². The third kappa shape index (κ3) is 4.34. The summed E-state index contributed by atoms with van der Waals surface area (Å²) < 4.78 is 1.60. The first-order chi connectivity index (χ1) is 11.4. The van der Waals surface area contributed by atoms with E-state index in [4.69, 9.17) is 0 Å². The fraction of sp³-hybridized carbons (Fsp3) is 0.500. The molecule has 0 aliphatic rings. The van der Waals surface area contributed by atoms with Gasteiger partial charge in [-0.1, -0.05) is 27.2 Å². The van der Waals surface area contributed by atoms with Crippen LogP contribution in [-0.4, -0.2) is 34.3 Å². The van der Waals surface area contributed by atoms with E-state index in [1.165, 1.54) is 6.42 Å². The molecule has 1 N–H and O–H groups in total. The molecular weight excluding hydrogens is 302 g/mol. The van der Waals surface area contributed by atoms with Crippen molar-refractivity contribution in [2.75, 3.05) is 23.8 Å². The molecule has 2 aromatic rings. The summed E-state index contributed by atoms with van der Waals surface area (Å²) in [5.74, 6) is 1.23. The van der Waals surface area contributed by atoms with Gasteiger partial charge in [0, 0.05) is 37.8 Å². The first-order valence-electron chi connectivity index (χ1n) is 8.45. The van der Waals surface area contributed by atoms with E-state index < -0.39 is 0 Å². The smallest absolute Gasteiger partial charge is 0.258 e. The molecule has 6 heteroatoms. The van der Waals surface area contributed by atoms with Gasteiger partial charge in [0.25, 0.3) is 5.91 Å². The first-order valence-corrected chi connectivity index (χ1v) is 8.45. The lowest BCUT2D eigenvalue weighted by molar-refractivity contribution is 0.102. The number of hydrogen-bond acceptors (Lipinski definition) is 4. The van der Waals surface area contributed by atoms with Crippen molar-refractivity contribution in [3.05, 3.63) is 35.7 Å². The third-order valence-corrected chi connectivity index (χ3v) is 3.94. The summed E-state index contributed by atoms with van der Waals surface area (Å²) >= 11 is 0. The number of anilines is 2. The molecule has 0 bridgehead atoms. The van der Waals surface area contributed by atoms with Crippen molar-refractivity contribution in [1.82, 2.24) is 14.8 Å². The predicted octanol–water partition coefficient (Wildman–Crippen LogP) is 3.43. The summed E-state index contributed by atoms with van der Waals surface area (Å²) in [7, 11) is 3.85. The lowest BCUT2D eigenvalue weighted by Crippen LogP contribution is -2.19. The quantitative estimate of drug-likeness (QED) is 0.845. The molecule has 0 spiro atoms. The Bertz CT molecular complexity index is 675. The molecule has 0 fully saturated rings. The number of nitrogens with zero attached hydrogens (tertiary/aromatic N) is 4. The highest BCUT2D eigenvalue weighted by molar-refractivity contribution is 6.03. The molecule has 24 heavy (non-hydrogen) atoms. The fourth-order valence-electron chi connectivity index (χ4n) is 2.32. The molecule has 0 aliphatic carbocycles. The average Bonchev–Trinajstić information content (AvgIpc) is 2.94. The van der Waals surface area contributed by atoms with Crippen LogP contribution in [0.15, 0.2) is 24.3 Å². The number of unbranched alkanes of at least 4 members (excludes halogenated alkanes) is 1. The van der Waals surface area contributed by atoms with Crippen LogP contribution >= 0.6 is 0 Å². The predicted molar refractivity (Wildman–Crippen MR) is 97.7 cm³/mol. The van der Waals surface area contributed by atoms with E-state index in [9.17, 15) is 4.79 Å². The zero-order valence-corrected chi connectivity index (χ0v) is 15.2. The van der Waals surface area contributed by atoms with Gasteiger partial charge in [0.1, 0.15) is 0 Å². The molecule has 0 radical (unpaired) electrons. The minimum atomic E-state index is -0.177. The summed E-state index contributed by atoms with van der Waals surface area (Å²) in [6.45, 7) is 7.24. The van der Waals surface area contributed by atoms with Crippen molar-refractivity contribution in [2.24, 2.45) is 7.05 Å². The van der Waals surface area contributed by atoms with Crippen molar-refractivity contribution in [3.8, 4) is 0 Å². The molecule has 1 aromatic heterocycles. The van der Waals surface area contributed by atoms with Crippen LogP contribution in [0.3, 0.4) is 0 Å². The Labute approximate surface area is 143 Å². The molecule has 6 nitrogen and oxygen atoms in total. The summed E-state index contributed by atoms with van der Waals surface area (Å²) in [6, 6.07) is 7.63. The lowest BCUT2D eigenvalue weighted by Gasteiger charge is -2.19. The van der Waals surface area contributed by atoms with Crippen LogP contribution in [0.25, 0.3) is 0 Å².